The fraction of sp³-hybridized carbons (Fsp3) is 0.923. The topological polar surface area (TPSA) is 86.7 Å². The summed E-state index contributed by atoms with van der Waals surface area (Å²) in [7, 11) is -3.39. The maximum atomic E-state index is 12.4. The van der Waals surface area contributed by atoms with E-state index >= 15 is 0 Å². The van der Waals surface area contributed by atoms with E-state index in [2.05, 4.69) is 4.72 Å². The summed E-state index contributed by atoms with van der Waals surface area (Å²) in [5.74, 6) is -0.159. The summed E-state index contributed by atoms with van der Waals surface area (Å²) in [4.78, 5) is 14.1. The summed E-state index contributed by atoms with van der Waals surface area (Å²) in [5, 5.41) is 8.91. The van der Waals surface area contributed by atoms with Crippen LogP contribution in [-0.2, 0) is 14.8 Å². The fourth-order valence-corrected chi connectivity index (χ4v) is 3.60. The van der Waals surface area contributed by atoms with Crippen molar-refractivity contribution in [3.63, 3.8) is 0 Å². The summed E-state index contributed by atoms with van der Waals surface area (Å²) >= 11 is 0. The maximum absolute atomic E-state index is 12.4. The average molecular weight is 306 g/mol. The minimum Gasteiger partial charge on any atom is -0.396 e. The number of hydrogen-bond donors (Lipinski definition) is 2. The molecule has 118 valence electrons. The Morgan fingerprint density at radius 1 is 1.45 bits per heavy atom. The lowest BCUT2D eigenvalue weighted by molar-refractivity contribution is -0.136. The van der Waals surface area contributed by atoms with E-state index in [4.69, 9.17) is 5.11 Å². The molecule has 0 bridgehead atoms. The number of carbonyl (C=O) groups is 1. The molecule has 6 nitrogen and oxygen atoms in total. The quantitative estimate of drug-likeness (QED) is 0.648. The van der Waals surface area contributed by atoms with E-state index in [1.165, 1.54) is 0 Å². The minimum atomic E-state index is -3.39. The van der Waals surface area contributed by atoms with Crippen molar-refractivity contribution in [3.8, 4) is 0 Å². The lowest BCUT2D eigenvalue weighted by atomic mass is 9.91. The van der Waals surface area contributed by atoms with Crippen LogP contribution in [0.2, 0.25) is 0 Å². The molecule has 0 saturated heterocycles. The second-order valence-electron chi connectivity index (χ2n) is 5.35. The number of hydrogen-bond acceptors (Lipinski definition) is 4. The van der Waals surface area contributed by atoms with E-state index in [1.807, 2.05) is 0 Å². The molecule has 0 aromatic rings. The van der Waals surface area contributed by atoms with E-state index in [0.717, 1.165) is 19.3 Å². The van der Waals surface area contributed by atoms with Crippen molar-refractivity contribution in [1.82, 2.24) is 9.62 Å². The number of nitrogens with zero attached hydrogens (tertiary/aromatic N) is 1. The van der Waals surface area contributed by atoms with Gasteiger partial charge in [0.2, 0.25) is 15.9 Å². The Morgan fingerprint density at radius 2 is 2.10 bits per heavy atom. The van der Waals surface area contributed by atoms with Crippen molar-refractivity contribution >= 4 is 15.9 Å². The molecule has 1 aliphatic rings. The molecule has 1 amide bonds. The zero-order valence-electron chi connectivity index (χ0n) is 12.3. The predicted molar refractivity (Wildman–Crippen MR) is 77.7 cm³/mol. The number of sulfonamides is 1. The molecule has 0 spiro atoms. The van der Waals surface area contributed by atoms with Gasteiger partial charge in [0, 0.05) is 19.2 Å². The van der Waals surface area contributed by atoms with Crippen molar-refractivity contribution in [3.05, 3.63) is 0 Å². The minimum absolute atomic E-state index is 0.0324. The predicted octanol–water partition coefficient (Wildman–Crippen LogP) is 0.468. The van der Waals surface area contributed by atoms with Crippen molar-refractivity contribution in [2.75, 3.05) is 18.9 Å². The van der Waals surface area contributed by atoms with Crippen molar-refractivity contribution < 1.29 is 18.3 Å². The third kappa shape index (κ3) is 5.03. The third-order valence-corrected chi connectivity index (χ3v) is 5.21. The molecule has 1 aliphatic carbocycles. The first kappa shape index (κ1) is 17.4. The van der Waals surface area contributed by atoms with Crippen LogP contribution < -0.4 is 4.72 Å². The van der Waals surface area contributed by atoms with Crippen molar-refractivity contribution in [2.45, 2.75) is 58.0 Å². The normalized spacial score (nSPS) is 17.6. The summed E-state index contributed by atoms with van der Waals surface area (Å²) in [6, 6.07) is -0.543. The molecule has 2 N–H and O–H groups in total. The second kappa shape index (κ2) is 7.95. The highest BCUT2D eigenvalue weighted by molar-refractivity contribution is 7.89. The van der Waals surface area contributed by atoms with Gasteiger partial charge in [-0.3, -0.25) is 4.79 Å². The summed E-state index contributed by atoms with van der Waals surface area (Å²) in [6.45, 7) is 3.89. The number of aliphatic hydroxyl groups excluding tert-OH is 1. The number of amides is 1. The number of carbonyl (C=O) groups excluding carboxylic acids is 1. The van der Waals surface area contributed by atoms with Gasteiger partial charge >= 0.3 is 0 Å². The number of aliphatic hydroxyl groups is 1. The summed E-state index contributed by atoms with van der Waals surface area (Å²) < 4.78 is 25.9. The van der Waals surface area contributed by atoms with Gasteiger partial charge in [-0.05, 0) is 39.0 Å². The van der Waals surface area contributed by atoms with Crippen LogP contribution in [0.5, 0.6) is 0 Å². The molecular weight excluding hydrogens is 280 g/mol. The Labute approximate surface area is 121 Å². The fourth-order valence-electron chi connectivity index (χ4n) is 2.31. The number of rotatable bonds is 9. The van der Waals surface area contributed by atoms with Gasteiger partial charge in [0.15, 0.2) is 0 Å². The molecule has 0 aromatic carbocycles. The van der Waals surface area contributed by atoms with Gasteiger partial charge in [-0.25, -0.2) is 13.1 Å². The van der Waals surface area contributed by atoms with Gasteiger partial charge < -0.3 is 10.0 Å². The smallest absolute Gasteiger partial charge is 0.240 e. The molecule has 1 fully saturated rings. The summed E-state index contributed by atoms with van der Waals surface area (Å²) in [5.41, 5.74) is 0. The highest BCUT2D eigenvalue weighted by atomic mass is 32.2. The molecular formula is C13H26N2O4S. The zero-order chi connectivity index (χ0) is 15.2. The van der Waals surface area contributed by atoms with E-state index < -0.39 is 16.1 Å². The highest BCUT2D eigenvalue weighted by Crippen LogP contribution is 2.25. The van der Waals surface area contributed by atoms with Crippen molar-refractivity contribution in [2.24, 2.45) is 0 Å². The lowest BCUT2D eigenvalue weighted by Crippen LogP contribution is -2.53. The molecule has 1 atom stereocenters. The molecule has 0 aliphatic heterocycles. The largest absolute Gasteiger partial charge is 0.396 e. The summed E-state index contributed by atoms with van der Waals surface area (Å²) in [6.07, 6.45) is 4.07. The Morgan fingerprint density at radius 3 is 2.55 bits per heavy atom. The van der Waals surface area contributed by atoms with Gasteiger partial charge in [0.25, 0.3) is 0 Å². The molecule has 1 saturated carbocycles. The zero-order valence-corrected chi connectivity index (χ0v) is 13.2. The van der Waals surface area contributed by atoms with Crippen LogP contribution in [0, 0.1) is 0 Å². The molecule has 7 heteroatoms. The average Bonchev–Trinajstić information content (AvgIpc) is 2.30. The van der Waals surface area contributed by atoms with Gasteiger partial charge in [-0.15, -0.1) is 0 Å². The van der Waals surface area contributed by atoms with Crippen LogP contribution in [0.1, 0.15) is 46.0 Å². The number of nitrogens with one attached hydrogen (secondary N) is 1. The highest BCUT2D eigenvalue weighted by Gasteiger charge is 2.32. The lowest BCUT2D eigenvalue weighted by Gasteiger charge is -2.39. The van der Waals surface area contributed by atoms with Crippen molar-refractivity contribution in [1.29, 1.82) is 0 Å². The van der Waals surface area contributed by atoms with E-state index in [9.17, 15) is 13.2 Å². The molecule has 0 radical (unpaired) electrons. The molecule has 1 unspecified atom stereocenters. The van der Waals surface area contributed by atoms with E-state index in [-0.39, 0.29) is 24.3 Å². The Bertz CT molecular complexity index is 407. The van der Waals surface area contributed by atoms with Crippen LogP contribution in [0.3, 0.4) is 0 Å². The van der Waals surface area contributed by atoms with Crippen LogP contribution in [0.15, 0.2) is 0 Å². The van der Waals surface area contributed by atoms with Gasteiger partial charge in [-0.2, -0.15) is 0 Å². The first-order chi connectivity index (χ1) is 9.41. The molecule has 0 heterocycles. The first-order valence-corrected chi connectivity index (χ1v) is 8.98. The standard InChI is InChI=1S/C13H26N2O4S/c1-3-10-20(18,19)14-11(2)13(17)15(8-5-9-16)12-6-4-7-12/h11-12,14,16H,3-10H2,1-2H3. The molecule has 20 heavy (non-hydrogen) atoms. The Balaban J connectivity index is 2.63. The van der Waals surface area contributed by atoms with Crippen LogP contribution in [0.4, 0.5) is 0 Å². The SMILES string of the molecule is CCCS(=O)(=O)NC(C)C(=O)N(CCCO)C1CCC1. The second-order valence-corrected chi connectivity index (χ2v) is 7.23. The van der Waals surface area contributed by atoms with E-state index in [0.29, 0.717) is 19.4 Å². The Kier molecular flexibility index (Phi) is 6.91. The maximum Gasteiger partial charge on any atom is 0.240 e. The monoisotopic (exact) mass is 306 g/mol. The van der Waals surface area contributed by atoms with Crippen LogP contribution >= 0.6 is 0 Å². The molecule has 0 aromatic heterocycles. The van der Waals surface area contributed by atoms with Gasteiger partial charge in [0.1, 0.15) is 0 Å². The Hall–Kier alpha value is -0.660. The third-order valence-electron chi connectivity index (χ3n) is 3.56. The van der Waals surface area contributed by atoms with Crippen LogP contribution in [-0.4, -0.2) is 55.3 Å². The van der Waals surface area contributed by atoms with Crippen LogP contribution in [0.25, 0.3) is 0 Å². The molecule has 1 rings (SSSR count). The van der Waals surface area contributed by atoms with Gasteiger partial charge in [-0.1, -0.05) is 6.92 Å². The van der Waals surface area contributed by atoms with Gasteiger partial charge in [0.05, 0.1) is 11.8 Å². The first-order valence-electron chi connectivity index (χ1n) is 7.32. The van der Waals surface area contributed by atoms with E-state index in [1.54, 1.807) is 18.7 Å².